The molecule has 0 spiro atoms. The van der Waals surface area contributed by atoms with E-state index in [2.05, 4.69) is 55.3 Å². The van der Waals surface area contributed by atoms with Crippen molar-refractivity contribution in [3.63, 3.8) is 0 Å². The number of pyridine rings is 2. The van der Waals surface area contributed by atoms with Gasteiger partial charge >= 0.3 is 6.09 Å². The first-order valence-corrected chi connectivity index (χ1v) is 16.8. The van der Waals surface area contributed by atoms with E-state index in [9.17, 15) is 14.4 Å². The van der Waals surface area contributed by atoms with Crippen molar-refractivity contribution in [2.24, 2.45) is 5.92 Å². The van der Waals surface area contributed by atoms with Crippen LogP contribution in [0.2, 0.25) is 18.1 Å². The number of ether oxygens (including phenoxy) is 1. The van der Waals surface area contributed by atoms with Gasteiger partial charge in [-0.3, -0.25) is 9.78 Å². The molecule has 10 nitrogen and oxygen atoms in total. The van der Waals surface area contributed by atoms with Crippen molar-refractivity contribution in [3.05, 3.63) is 40.9 Å². The molecule has 5 N–H and O–H groups in total. The number of nitrogens with one attached hydrogen (secondary N) is 2. The Bertz CT molecular complexity index is 1200. The third-order valence-corrected chi connectivity index (χ3v) is 11.3. The highest BCUT2D eigenvalue weighted by molar-refractivity contribution is 9.10. The number of amides is 2. The molecule has 0 aliphatic carbocycles. The normalized spacial score (nSPS) is 18.4. The molecule has 214 valence electrons. The van der Waals surface area contributed by atoms with Gasteiger partial charge in [-0.25, -0.2) is 9.78 Å². The van der Waals surface area contributed by atoms with Gasteiger partial charge in [0.2, 0.25) is 0 Å². The van der Waals surface area contributed by atoms with Crippen LogP contribution in [0.3, 0.4) is 0 Å². The maximum atomic E-state index is 13.1. The van der Waals surface area contributed by atoms with Crippen LogP contribution in [-0.4, -0.2) is 59.8 Å². The molecule has 0 radical (unpaired) electrons. The molecule has 0 unspecified atom stereocenters. The molecular weight excluding hydrogens is 580 g/mol. The minimum absolute atomic E-state index is 0.0271. The molecular formula is C27H41BrN6O4Si. The number of carbonyl (C=O) groups is 2. The van der Waals surface area contributed by atoms with Crippen molar-refractivity contribution < 1.29 is 19.1 Å². The van der Waals surface area contributed by atoms with Crippen LogP contribution in [0.5, 0.6) is 0 Å². The van der Waals surface area contributed by atoms with E-state index in [4.69, 9.17) is 10.5 Å². The third-order valence-electron chi connectivity index (χ3n) is 7.36. The van der Waals surface area contributed by atoms with Gasteiger partial charge in [-0.2, -0.15) is 0 Å². The molecule has 39 heavy (non-hydrogen) atoms. The van der Waals surface area contributed by atoms with Crippen LogP contribution in [0.1, 0.15) is 57.9 Å². The summed E-state index contributed by atoms with van der Waals surface area (Å²) in [6.45, 7) is 14.8. The first-order valence-electron chi connectivity index (χ1n) is 13.1. The van der Waals surface area contributed by atoms with Crippen LogP contribution in [0.15, 0.2) is 35.2 Å². The number of nitrogen functional groups attached to an aromatic ring is 1. The van der Waals surface area contributed by atoms with E-state index in [0.717, 1.165) is 5.69 Å². The van der Waals surface area contributed by atoms with Crippen molar-refractivity contribution >= 4 is 53.3 Å². The number of anilines is 3. The predicted molar refractivity (Wildman–Crippen MR) is 160 cm³/mol. The van der Waals surface area contributed by atoms with Crippen molar-refractivity contribution in [3.8, 4) is 0 Å². The summed E-state index contributed by atoms with van der Waals surface area (Å²) in [5, 5.41) is 5.71. The van der Waals surface area contributed by atoms with Crippen LogP contribution in [0.4, 0.5) is 21.9 Å². The SMILES string of the molecule is CC(C)(C)OC(=O)N[C@@H]1CCN(c2ccncc2NC(=O)c2nc(Br)ccc2N)C[C@H]1CC(C)(C)[Si](C)(C)O. The molecule has 2 atom stereocenters. The van der Waals surface area contributed by atoms with E-state index in [-0.39, 0.29) is 28.4 Å². The van der Waals surface area contributed by atoms with Crippen LogP contribution in [0, 0.1) is 5.92 Å². The van der Waals surface area contributed by atoms with Gasteiger partial charge in [0.1, 0.15) is 10.2 Å². The summed E-state index contributed by atoms with van der Waals surface area (Å²) in [6, 6.07) is 5.03. The lowest BCUT2D eigenvalue weighted by atomic mass is 9.84. The minimum atomic E-state index is -2.51. The Morgan fingerprint density at radius 1 is 1.23 bits per heavy atom. The number of piperidine rings is 1. The number of carbonyl (C=O) groups excluding carboxylic acids is 2. The predicted octanol–water partition coefficient (Wildman–Crippen LogP) is 5.16. The molecule has 1 aliphatic heterocycles. The van der Waals surface area contributed by atoms with Crippen molar-refractivity contribution in [1.29, 1.82) is 0 Å². The smallest absolute Gasteiger partial charge is 0.407 e. The number of rotatable bonds is 7. The second-order valence-corrected chi connectivity index (χ2v) is 17.6. The Hall–Kier alpha value is -2.70. The molecule has 2 amide bonds. The lowest BCUT2D eigenvalue weighted by molar-refractivity contribution is 0.0472. The average Bonchev–Trinajstić information content (AvgIpc) is 2.80. The molecule has 3 rings (SSSR count). The summed E-state index contributed by atoms with van der Waals surface area (Å²) < 4.78 is 6.05. The van der Waals surface area contributed by atoms with Gasteiger partial charge in [0, 0.05) is 25.3 Å². The van der Waals surface area contributed by atoms with Gasteiger partial charge in [0.05, 0.1) is 23.3 Å². The Kier molecular flexibility index (Phi) is 9.34. The maximum absolute atomic E-state index is 13.1. The average molecular weight is 622 g/mol. The Morgan fingerprint density at radius 3 is 2.56 bits per heavy atom. The largest absolute Gasteiger partial charge is 0.444 e. The van der Waals surface area contributed by atoms with E-state index >= 15 is 0 Å². The molecule has 1 aliphatic rings. The van der Waals surface area contributed by atoms with Gasteiger partial charge in [0.15, 0.2) is 14.0 Å². The Morgan fingerprint density at radius 2 is 1.92 bits per heavy atom. The number of halogens is 1. The quantitative estimate of drug-likeness (QED) is 0.245. The number of nitrogens with zero attached hydrogens (tertiary/aromatic N) is 3. The summed E-state index contributed by atoms with van der Waals surface area (Å²) in [5.74, 6) is -0.408. The summed E-state index contributed by atoms with van der Waals surface area (Å²) in [4.78, 5) is 47.4. The molecule has 2 aromatic heterocycles. The van der Waals surface area contributed by atoms with E-state index in [1.807, 2.05) is 39.9 Å². The third kappa shape index (κ3) is 8.15. The van der Waals surface area contributed by atoms with E-state index in [1.54, 1.807) is 24.5 Å². The van der Waals surface area contributed by atoms with Crippen LogP contribution in [0.25, 0.3) is 0 Å². The van der Waals surface area contributed by atoms with Gasteiger partial charge in [-0.1, -0.05) is 13.8 Å². The molecule has 12 heteroatoms. The molecule has 1 saturated heterocycles. The first kappa shape index (κ1) is 30.8. The highest BCUT2D eigenvalue weighted by atomic mass is 79.9. The van der Waals surface area contributed by atoms with Gasteiger partial charge in [-0.15, -0.1) is 0 Å². The zero-order chi connectivity index (χ0) is 29.2. The number of aromatic nitrogens is 2. The van der Waals surface area contributed by atoms with Crippen LogP contribution >= 0.6 is 15.9 Å². The number of hydrogen-bond acceptors (Lipinski definition) is 8. The highest BCUT2D eigenvalue weighted by Gasteiger charge is 2.43. The molecule has 0 aromatic carbocycles. The first-order chi connectivity index (χ1) is 18.0. The second kappa shape index (κ2) is 11.8. The fourth-order valence-corrected chi connectivity index (χ4v) is 5.65. The summed E-state index contributed by atoms with van der Waals surface area (Å²) >= 11 is 3.29. The highest BCUT2D eigenvalue weighted by Crippen LogP contribution is 2.44. The Balaban J connectivity index is 1.86. The standard InChI is InChI=1S/C27H41BrN6O4Si/c1-26(2,3)38-25(36)32-19-11-13-34(16-17(19)14-27(4,5)39(6,7)37)21-10-12-30-15-20(21)31-24(35)23-18(29)8-9-22(28)33-23/h8-10,12,15,17,19,37H,11,13-14,16,29H2,1-7H3,(H,31,35)(H,32,36)/t17-,19-/m1/s1. The van der Waals surface area contributed by atoms with Crippen molar-refractivity contribution in [2.75, 3.05) is 29.0 Å². The summed E-state index contributed by atoms with van der Waals surface area (Å²) in [5.41, 5.74) is 7.14. The van der Waals surface area contributed by atoms with E-state index in [1.165, 1.54) is 0 Å². The summed E-state index contributed by atoms with van der Waals surface area (Å²) in [6.07, 6.45) is 4.23. The van der Waals surface area contributed by atoms with Crippen molar-refractivity contribution in [2.45, 2.75) is 77.2 Å². The van der Waals surface area contributed by atoms with E-state index < -0.39 is 25.9 Å². The monoisotopic (exact) mass is 620 g/mol. The molecule has 0 saturated carbocycles. The minimum Gasteiger partial charge on any atom is -0.444 e. The zero-order valence-corrected chi connectivity index (χ0v) is 26.4. The van der Waals surface area contributed by atoms with Crippen LogP contribution in [-0.2, 0) is 4.74 Å². The van der Waals surface area contributed by atoms with Crippen molar-refractivity contribution in [1.82, 2.24) is 15.3 Å². The van der Waals surface area contributed by atoms with Gasteiger partial charge < -0.3 is 30.8 Å². The van der Waals surface area contributed by atoms with Crippen LogP contribution < -0.4 is 21.3 Å². The van der Waals surface area contributed by atoms with Gasteiger partial charge in [0.25, 0.3) is 5.91 Å². The maximum Gasteiger partial charge on any atom is 0.407 e. The molecule has 0 bridgehead atoms. The topological polar surface area (TPSA) is 143 Å². The zero-order valence-electron chi connectivity index (χ0n) is 23.8. The lowest BCUT2D eigenvalue weighted by Crippen LogP contribution is -2.54. The fraction of sp³-hybridized carbons (Fsp3) is 0.556. The fourth-order valence-electron chi connectivity index (χ4n) is 4.58. The lowest BCUT2D eigenvalue weighted by Gasteiger charge is -2.45. The number of nitrogens with two attached hydrogens (primary N) is 1. The molecule has 3 heterocycles. The molecule has 2 aromatic rings. The second-order valence-electron chi connectivity index (χ2n) is 12.3. The van der Waals surface area contributed by atoms with E-state index in [0.29, 0.717) is 36.2 Å². The van der Waals surface area contributed by atoms with Gasteiger partial charge in [-0.05, 0) is 91.8 Å². The number of hydrogen-bond donors (Lipinski definition) is 4. The Labute approximate surface area is 240 Å². The molecule has 1 fully saturated rings. The summed E-state index contributed by atoms with van der Waals surface area (Å²) in [7, 11) is -2.51. The number of alkyl carbamates (subject to hydrolysis) is 1.